The van der Waals surface area contributed by atoms with E-state index in [-0.39, 0.29) is 0 Å². The standard InChI is InChI=1S/C19H28O2/c1-2-3-4-5-6-7-8-9-11-17-12-10-13-18(14-17)20-15-19-16-21-19/h9-14,19H,2-8,15-16H2,1H3/b11-9+. The van der Waals surface area contributed by atoms with Gasteiger partial charge in [-0.1, -0.05) is 63.3 Å². The smallest absolute Gasteiger partial charge is 0.120 e. The molecule has 0 radical (unpaired) electrons. The molecule has 0 aliphatic carbocycles. The van der Waals surface area contributed by atoms with Crippen LogP contribution in [-0.4, -0.2) is 19.3 Å². The normalized spacial score (nSPS) is 17.3. The van der Waals surface area contributed by atoms with Gasteiger partial charge in [0.1, 0.15) is 18.5 Å². The first-order chi connectivity index (χ1) is 10.4. The van der Waals surface area contributed by atoms with Crippen LogP contribution in [-0.2, 0) is 4.74 Å². The Hall–Kier alpha value is -1.28. The molecule has 1 unspecified atom stereocenters. The van der Waals surface area contributed by atoms with Crippen LogP contribution in [0.2, 0.25) is 0 Å². The summed E-state index contributed by atoms with van der Waals surface area (Å²) in [5, 5.41) is 0. The van der Waals surface area contributed by atoms with Gasteiger partial charge in [-0.25, -0.2) is 0 Å². The third kappa shape index (κ3) is 7.33. The zero-order chi connectivity index (χ0) is 14.8. The summed E-state index contributed by atoms with van der Waals surface area (Å²) >= 11 is 0. The molecule has 1 aliphatic rings. The third-order valence-electron chi connectivity index (χ3n) is 3.73. The van der Waals surface area contributed by atoms with Crippen molar-refractivity contribution in [2.45, 2.75) is 58.0 Å². The van der Waals surface area contributed by atoms with E-state index >= 15 is 0 Å². The minimum Gasteiger partial charge on any atom is -0.491 e. The Balaban J connectivity index is 1.62. The average Bonchev–Trinajstić information content (AvgIpc) is 3.33. The van der Waals surface area contributed by atoms with E-state index in [0.717, 1.165) is 12.4 Å². The fourth-order valence-corrected chi connectivity index (χ4v) is 2.32. The third-order valence-corrected chi connectivity index (χ3v) is 3.73. The Bertz CT molecular complexity index is 421. The van der Waals surface area contributed by atoms with E-state index in [4.69, 9.17) is 9.47 Å². The van der Waals surface area contributed by atoms with Crippen molar-refractivity contribution in [1.29, 1.82) is 0 Å². The van der Waals surface area contributed by atoms with E-state index in [0.29, 0.717) is 12.7 Å². The van der Waals surface area contributed by atoms with Gasteiger partial charge in [-0.15, -0.1) is 0 Å². The molecule has 2 nitrogen and oxygen atoms in total. The molecule has 0 amide bonds. The van der Waals surface area contributed by atoms with Gasteiger partial charge in [-0.2, -0.15) is 0 Å². The van der Waals surface area contributed by atoms with Crippen molar-refractivity contribution in [2.75, 3.05) is 13.2 Å². The summed E-state index contributed by atoms with van der Waals surface area (Å²) < 4.78 is 10.8. The van der Waals surface area contributed by atoms with Crippen LogP contribution in [0.15, 0.2) is 30.3 Å². The second kappa shape index (κ2) is 9.62. The first-order valence-corrected chi connectivity index (χ1v) is 8.39. The van der Waals surface area contributed by atoms with Gasteiger partial charge in [0.15, 0.2) is 0 Å². The molecule has 0 saturated carbocycles. The minimum atomic E-state index is 0.317. The van der Waals surface area contributed by atoms with Crippen molar-refractivity contribution in [3.8, 4) is 5.75 Å². The summed E-state index contributed by atoms with van der Waals surface area (Å²) in [4.78, 5) is 0. The number of hydrogen-bond acceptors (Lipinski definition) is 2. The summed E-state index contributed by atoms with van der Waals surface area (Å²) in [6, 6.07) is 8.28. The van der Waals surface area contributed by atoms with E-state index in [1.807, 2.05) is 12.1 Å². The number of benzene rings is 1. The summed E-state index contributed by atoms with van der Waals surface area (Å²) in [6.07, 6.45) is 14.1. The maximum atomic E-state index is 5.69. The molecule has 0 spiro atoms. The average molecular weight is 288 g/mol. The van der Waals surface area contributed by atoms with Crippen LogP contribution < -0.4 is 4.74 Å². The van der Waals surface area contributed by atoms with Crippen molar-refractivity contribution in [1.82, 2.24) is 0 Å². The Labute approximate surface area is 129 Å². The van der Waals surface area contributed by atoms with Crippen molar-refractivity contribution in [2.24, 2.45) is 0 Å². The lowest BCUT2D eigenvalue weighted by Gasteiger charge is -2.04. The van der Waals surface area contributed by atoms with Gasteiger partial charge in [0.05, 0.1) is 6.61 Å². The van der Waals surface area contributed by atoms with Crippen LogP contribution in [0.1, 0.15) is 57.4 Å². The Morgan fingerprint density at radius 2 is 2.00 bits per heavy atom. The molecule has 0 aromatic heterocycles. The molecule has 21 heavy (non-hydrogen) atoms. The second-order valence-corrected chi connectivity index (χ2v) is 5.80. The van der Waals surface area contributed by atoms with Gasteiger partial charge in [0, 0.05) is 0 Å². The van der Waals surface area contributed by atoms with Crippen molar-refractivity contribution in [3.63, 3.8) is 0 Å². The van der Waals surface area contributed by atoms with Gasteiger partial charge in [-0.3, -0.25) is 0 Å². The van der Waals surface area contributed by atoms with Crippen LogP contribution in [0.4, 0.5) is 0 Å². The monoisotopic (exact) mass is 288 g/mol. The number of rotatable bonds is 11. The van der Waals surface area contributed by atoms with E-state index in [9.17, 15) is 0 Å². The topological polar surface area (TPSA) is 21.8 Å². The summed E-state index contributed by atoms with van der Waals surface area (Å²) in [7, 11) is 0. The number of unbranched alkanes of at least 4 members (excludes halogenated alkanes) is 6. The largest absolute Gasteiger partial charge is 0.491 e. The molecule has 0 bridgehead atoms. The molecule has 1 fully saturated rings. The van der Waals surface area contributed by atoms with Crippen molar-refractivity contribution >= 4 is 6.08 Å². The van der Waals surface area contributed by atoms with Gasteiger partial charge >= 0.3 is 0 Å². The summed E-state index contributed by atoms with van der Waals surface area (Å²) in [6.45, 7) is 3.78. The quantitative estimate of drug-likeness (QED) is 0.411. The van der Waals surface area contributed by atoms with Gasteiger partial charge in [-0.05, 0) is 30.5 Å². The molecule has 2 heteroatoms. The maximum absolute atomic E-state index is 5.69. The molecule has 0 N–H and O–H groups in total. The predicted molar refractivity (Wildman–Crippen MR) is 88.7 cm³/mol. The highest BCUT2D eigenvalue weighted by atomic mass is 16.6. The van der Waals surface area contributed by atoms with E-state index in [2.05, 4.69) is 31.2 Å². The lowest BCUT2D eigenvalue weighted by Crippen LogP contribution is -2.03. The van der Waals surface area contributed by atoms with Crippen LogP contribution >= 0.6 is 0 Å². The molecule has 116 valence electrons. The molecular formula is C19H28O2. The molecule has 1 aromatic rings. The fourth-order valence-electron chi connectivity index (χ4n) is 2.32. The number of hydrogen-bond donors (Lipinski definition) is 0. The molecule has 1 atom stereocenters. The van der Waals surface area contributed by atoms with Gasteiger partial charge in [0.2, 0.25) is 0 Å². The highest BCUT2D eigenvalue weighted by molar-refractivity contribution is 5.51. The fraction of sp³-hybridized carbons (Fsp3) is 0.579. The Morgan fingerprint density at radius 3 is 2.81 bits per heavy atom. The highest BCUT2D eigenvalue weighted by Crippen LogP contribution is 2.17. The number of ether oxygens (including phenoxy) is 2. The van der Waals surface area contributed by atoms with Crippen LogP contribution in [0.3, 0.4) is 0 Å². The van der Waals surface area contributed by atoms with Gasteiger partial charge < -0.3 is 9.47 Å². The highest BCUT2D eigenvalue weighted by Gasteiger charge is 2.22. The van der Waals surface area contributed by atoms with Crippen molar-refractivity contribution < 1.29 is 9.47 Å². The summed E-state index contributed by atoms with van der Waals surface area (Å²) in [5.74, 6) is 0.937. The zero-order valence-electron chi connectivity index (χ0n) is 13.2. The minimum absolute atomic E-state index is 0.317. The first-order valence-electron chi connectivity index (χ1n) is 8.39. The molecule has 1 heterocycles. The van der Waals surface area contributed by atoms with Crippen LogP contribution in [0.5, 0.6) is 5.75 Å². The molecular weight excluding hydrogens is 260 g/mol. The van der Waals surface area contributed by atoms with E-state index in [1.54, 1.807) is 0 Å². The SMILES string of the molecule is CCCCCCCC/C=C/c1cccc(OCC2CO2)c1. The molecule has 1 saturated heterocycles. The number of epoxide rings is 1. The lowest BCUT2D eigenvalue weighted by molar-refractivity contribution is 0.263. The predicted octanol–water partition coefficient (Wildman–Crippen LogP) is 5.23. The second-order valence-electron chi connectivity index (χ2n) is 5.80. The van der Waals surface area contributed by atoms with Crippen LogP contribution in [0.25, 0.3) is 6.08 Å². The molecule has 1 aliphatic heterocycles. The van der Waals surface area contributed by atoms with Crippen LogP contribution in [0, 0.1) is 0 Å². The first kappa shape index (κ1) is 16.1. The Morgan fingerprint density at radius 1 is 1.19 bits per heavy atom. The van der Waals surface area contributed by atoms with E-state index < -0.39 is 0 Å². The maximum Gasteiger partial charge on any atom is 0.120 e. The lowest BCUT2D eigenvalue weighted by atomic mass is 10.1. The molecule has 1 aromatic carbocycles. The summed E-state index contributed by atoms with van der Waals surface area (Å²) in [5.41, 5.74) is 1.22. The molecule has 2 rings (SSSR count). The zero-order valence-corrected chi connectivity index (χ0v) is 13.2. The number of allylic oxidation sites excluding steroid dienone is 1. The van der Waals surface area contributed by atoms with E-state index in [1.165, 1.54) is 50.5 Å². The Kier molecular flexibility index (Phi) is 7.37. The van der Waals surface area contributed by atoms with Crippen molar-refractivity contribution in [3.05, 3.63) is 35.9 Å². The van der Waals surface area contributed by atoms with Gasteiger partial charge in [0.25, 0.3) is 0 Å².